The van der Waals surface area contributed by atoms with Crippen LogP contribution in [0.3, 0.4) is 0 Å². The first-order valence-corrected chi connectivity index (χ1v) is 14.6. The van der Waals surface area contributed by atoms with Crippen molar-refractivity contribution in [2.24, 2.45) is 0 Å². The highest BCUT2D eigenvalue weighted by Crippen LogP contribution is 2.28. The highest BCUT2D eigenvalue weighted by Gasteiger charge is 2.52. The van der Waals surface area contributed by atoms with Crippen LogP contribution in [-0.2, 0) is 47.7 Å². The zero-order valence-corrected chi connectivity index (χ0v) is 24.9. The third kappa shape index (κ3) is 15.2. The largest absolute Gasteiger partial charge is 0.463 e. The van der Waals surface area contributed by atoms with Crippen LogP contribution in [0.25, 0.3) is 0 Å². The van der Waals surface area contributed by atoms with Gasteiger partial charge in [0.05, 0.1) is 0 Å². The summed E-state index contributed by atoms with van der Waals surface area (Å²) in [6.07, 6.45) is 9.19. The van der Waals surface area contributed by atoms with Crippen LogP contribution >= 0.6 is 0 Å². The van der Waals surface area contributed by atoms with Gasteiger partial charge in [0, 0.05) is 34.1 Å². The van der Waals surface area contributed by atoms with Crippen molar-refractivity contribution in [3.05, 3.63) is 0 Å². The number of hydrogen-bond donors (Lipinski definition) is 1. The molecule has 0 aromatic rings. The average Bonchev–Trinajstić information content (AvgIpc) is 2.86. The summed E-state index contributed by atoms with van der Waals surface area (Å²) < 4.78 is 26.9. The number of carbonyl (C=O) groups excluding carboxylic acids is 5. The topological polar surface area (TPSA) is 144 Å². The summed E-state index contributed by atoms with van der Waals surface area (Å²) in [5.41, 5.74) is 0. The van der Waals surface area contributed by atoms with Gasteiger partial charge in [0.1, 0.15) is 18.8 Å². The molecule has 1 rings (SSSR count). The van der Waals surface area contributed by atoms with E-state index in [1.807, 2.05) is 0 Å². The van der Waals surface area contributed by atoms with E-state index in [2.05, 4.69) is 12.2 Å². The molecule has 11 heteroatoms. The van der Waals surface area contributed by atoms with E-state index in [4.69, 9.17) is 23.7 Å². The fraction of sp³-hybridized carbons (Fsp3) is 0.828. The number of esters is 4. The lowest BCUT2D eigenvalue weighted by atomic mass is 9.95. The molecule has 0 unspecified atom stereocenters. The predicted octanol–water partition coefficient (Wildman–Crippen LogP) is 4.28. The van der Waals surface area contributed by atoms with Crippen molar-refractivity contribution < 1.29 is 47.7 Å². The Morgan fingerprint density at radius 1 is 0.625 bits per heavy atom. The molecule has 1 fully saturated rings. The Kier molecular flexibility index (Phi) is 17.9. The molecule has 230 valence electrons. The zero-order chi connectivity index (χ0) is 29.9. The van der Waals surface area contributed by atoms with Crippen LogP contribution in [0.15, 0.2) is 0 Å². The maximum Gasteiger partial charge on any atom is 0.305 e. The van der Waals surface area contributed by atoms with Crippen LogP contribution in [-0.4, -0.2) is 67.0 Å². The third-order valence-corrected chi connectivity index (χ3v) is 6.57. The van der Waals surface area contributed by atoms with Gasteiger partial charge in [0.2, 0.25) is 12.2 Å². The van der Waals surface area contributed by atoms with E-state index < -0.39 is 54.5 Å². The lowest BCUT2D eigenvalue weighted by Crippen LogP contribution is -2.67. The summed E-state index contributed by atoms with van der Waals surface area (Å²) in [5.74, 6) is -3.09. The summed E-state index contributed by atoms with van der Waals surface area (Å²) in [6, 6.07) is -1.16. The molecule has 0 bridgehead atoms. The van der Waals surface area contributed by atoms with Gasteiger partial charge < -0.3 is 29.0 Å². The quantitative estimate of drug-likeness (QED) is 0.136. The van der Waals surface area contributed by atoms with Gasteiger partial charge in [-0.15, -0.1) is 0 Å². The molecule has 0 radical (unpaired) electrons. The van der Waals surface area contributed by atoms with E-state index in [0.29, 0.717) is 6.42 Å². The van der Waals surface area contributed by atoms with Gasteiger partial charge in [0.15, 0.2) is 12.2 Å². The average molecular weight is 572 g/mol. The van der Waals surface area contributed by atoms with Gasteiger partial charge >= 0.3 is 23.9 Å². The Morgan fingerprint density at radius 3 is 1.57 bits per heavy atom. The molecule has 40 heavy (non-hydrogen) atoms. The van der Waals surface area contributed by atoms with E-state index in [-0.39, 0.29) is 18.9 Å². The molecule has 0 aromatic heterocycles. The van der Waals surface area contributed by atoms with E-state index in [0.717, 1.165) is 40.0 Å². The van der Waals surface area contributed by atoms with Gasteiger partial charge in [-0.3, -0.25) is 24.0 Å². The van der Waals surface area contributed by atoms with E-state index in [1.165, 1.54) is 58.3 Å². The fourth-order valence-electron chi connectivity index (χ4n) is 4.70. The summed E-state index contributed by atoms with van der Waals surface area (Å²) in [4.78, 5) is 59.9. The van der Waals surface area contributed by atoms with Crippen LogP contribution in [0.4, 0.5) is 0 Å². The number of carbonyl (C=O) groups is 5. The van der Waals surface area contributed by atoms with Gasteiger partial charge in [-0.05, 0) is 6.42 Å². The number of hydrogen-bond acceptors (Lipinski definition) is 10. The van der Waals surface area contributed by atoms with E-state index in [9.17, 15) is 24.0 Å². The first-order valence-electron chi connectivity index (χ1n) is 14.6. The number of amides is 1. The molecule has 0 aliphatic carbocycles. The van der Waals surface area contributed by atoms with Gasteiger partial charge in [-0.1, -0.05) is 77.6 Å². The lowest BCUT2D eigenvalue weighted by molar-refractivity contribution is -0.271. The minimum atomic E-state index is -1.37. The lowest BCUT2D eigenvalue weighted by Gasteiger charge is -2.44. The SMILES string of the molecule is CCCCCCCCCCCCCCC(=O)N[C@@H]1[C@H](OC(C)=O)O[C@H](COC(C)=O)[C@@H](OC(C)=O)[C@@H]1OC(C)=O. The smallest absolute Gasteiger partial charge is 0.305 e. The predicted molar refractivity (Wildman–Crippen MR) is 146 cm³/mol. The van der Waals surface area contributed by atoms with Gasteiger partial charge in [-0.25, -0.2) is 0 Å². The molecule has 1 saturated heterocycles. The molecule has 1 amide bonds. The summed E-state index contributed by atoms with van der Waals surface area (Å²) in [6.45, 7) is 6.53. The second-order valence-electron chi connectivity index (χ2n) is 10.3. The van der Waals surface area contributed by atoms with Crippen molar-refractivity contribution in [2.45, 2.75) is 149 Å². The standard InChI is InChI=1S/C29H49NO10/c1-6-7-8-9-10-11-12-13-14-15-16-17-18-25(35)30-26-28(38-22(4)33)27(37-21(3)32)24(19-36-20(2)31)40-29(26)39-23(5)34/h24,26-29H,6-19H2,1-5H3,(H,30,35)/t24-,26+,27-,28-,29-/m1/s1. The molecule has 0 saturated carbocycles. The minimum Gasteiger partial charge on any atom is -0.463 e. The van der Waals surface area contributed by atoms with Crippen molar-refractivity contribution in [2.75, 3.05) is 6.61 Å². The number of ether oxygens (including phenoxy) is 5. The van der Waals surface area contributed by atoms with Crippen molar-refractivity contribution in [1.29, 1.82) is 0 Å². The van der Waals surface area contributed by atoms with Crippen molar-refractivity contribution in [3.63, 3.8) is 0 Å². The molecule has 5 atom stereocenters. The molecule has 1 aliphatic rings. The second kappa shape index (κ2) is 20.2. The molecule has 1 heterocycles. The molecular formula is C29H49NO10. The highest BCUT2D eigenvalue weighted by molar-refractivity contribution is 5.76. The second-order valence-corrected chi connectivity index (χ2v) is 10.3. The number of unbranched alkanes of at least 4 members (excludes halogenated alkanes) is 11. The molecular weight excluding hydrogens is 522 g/mol. The molecule has 0 spiro atoms. The third-order valence-electron chi connectivity index (χ3n) is 6.57. The Morgan fingerprint density at radius 2 is 1.10 bits per heavy atom. The molecule has 11 nitrogen and oxygen atoms in total. The Labute approximate surface area is 238 Å². The van der Waals surface area contributed by atoms with Crippen molar-refractivity contribution in [3.8, 4) is 0 Å². The molecule has 1 aliphatic heterocycles. The monoisotopic (exact) mass is 571 g/mol. The Balaban J connectivity index is 2.72. The first-order chi connectivity index (χ1) is 19.0. The maximum absolute atomic E-state index is 12.9. The number of nitrogens with one attached hydrogen (secondary N) is 1. The fourth-order valence-corrected chi connectivity index (χ4v) is 4.70. The van der Waals surface area contributed by atoms with Crippen molar-refractivity contribution in [1.82, 2.24) is 5.32 Å². The van der Waals surface area contributed by atoms with Crippen LogP contribution in [0.2, 0.25) is 0 Å². The summed E-state index contributed by atoms with van der Waals surface area (Å²) in [7, 11) is 0. The van der Waals surface area contributed by atoms with E-state index in [1.54, 1.807) is 0 Å². The zero-order valence-electron chi connectivity index (χ0n) is 24.9. The van der Waals surface area contributed by atoms with Gasteiger partial charge in [-0.2, -0.15) is 0 Å². The normalized spacial score (nSPS) is 22.2. The van der Waals surface area contributed by atoms with Crippen LogP contribution < -0.4 is 5.32 Å². The maximum atomic E-state index is 12.9. The first kappa shape index (κ1) is 35.3. The molecule has 1 N–H and O–H groups in total. The van der Waals surface area contributed by atoms with Gasteiger partial charge in [0.25, 0.3) is 0 Å². The van der Waals surface area contributed by atoms with Crippen molar-refractivity contribution >= 4 is 29.8 Å². The van der Waals surface area contributed by atoms with E-state index >= 15 is 0 Å². The Hall–Kier alpha value is -2.69. The minimum absolute atomic E-state index is 0.211. The highest BCUT2D eigenvalue weighted by atomic mass is 16.7. The summed E-state index contributed by atoms with van der Waals surface area (Å²) in [5, 5.41) is 2.74. The Bertz CT molecular complexity index is 802. The van der Waals surface area contributed by atoms with Crippen LogP contribution in [0.1, 0.15) is 118 Å². The number of rotatable bonds is 19. The van der Waals surface area contributed by atoms with Crippen LogP contribution in [0, 0.1) is 0 Å². The summed E-state index contributed by atoms with van der Waals surface area (Å²) >= 11 is 0. The molecule has 0 aromatic carbocycles. The van der Waals surface area contributed by atoms with Crippen LogP contribution in [0.5, 0.6) is 0 Å².